The number of hydrogen-bond acceptors (Lipinski definition) is 2. The summed E-state index contributed by atoms with van der Waals surface area (Å²) in [6.07, 6.45) is 1.02. The molecular weight excluding hydrogens is 266 g/mol. The van der Waals surface area contributed by atoms with E-state index in [0.717, 1.165) is 6.42 Å². The predicted octanol–water partition coefficient (Wildman–Crippen LogP) is 0.677. The lowest BCUT2D eigenvalue weighted by Gasteiger charge is -2.19. The maximum Gasteiger partial charge on any atom is 0.293 e. The lowest BCUT2D eigenvalue weighted by Crippen LogP contribution is -2.88. The predicted molar refractivity (Wildman–Crippen MR) is 82.2 cm³/mol. The first-order valence-electron chi connectivity index (χ1n) is 7.41. The Bertz CT molecular complexity index is 469. The number of amides is 2. The SMILES string of the molecule is CCc1ccc([C@H]([NH2+]CC(=O)NNC(C)=O)C(C)C)cc1. The highest BCUT2D eigenvalue weighted by Crippen LogP contribution is 2.18. The Morgan fingerprint density at radius 1 is 1.14 bits per heavy atom. The lowest BCUT2D eigenvalue weighted by atomic mass is 9.95. The normalized spacial score (nSPS) is 12.0. The second kappa shape index (κ2) is 8.42. The number of hydrazine groups is 1. The van der Waals surface area contributed by atoms with Crippen molar-refractivity contribution in [1.29, 1.82) is 0 Å². The molecule has 0 fully saturated rings. The fourth-order valence-electron chi connectivity index (χ4n) is 2.21. The van der Waals surface area contributed by atoms with Crippen molar-refractivity contribution < 1.29 is 14.9 Å². The zero-order valence-electron chi connectivity index (χ0n) is 13.3. The molecule has 0 aliphatic heterocycles. The quantitative estimate of drug-likeness (QED) is 0.674. The van der Waals surface area contributed by atoms with Crippen LogP contribution in [0.5, 0.6) is 0 Å². The second-order valence-corrected chi connectivity index (χ2v) is 5.53. The zero-order chi connectivity index (χ0) is 15.8. The molecule has 5 heteroatoms. The highest BCUT2D eigenvalue weighted by Gasteiger charge is 2.20. The van der Waals surface area contributed by atoms with E-state index in [0.29, 0.717) is 5.92 Å². The molecule has 0 saturated carbocycles. The molecule has 116 valence electrons. The van der Waals surface area contributed by atoms with Gasteiger partial charge < -0.3 is 5.32 Å². The molecule has 0 spiro atoms. The molecule has 1 atom stereocenters. The molecule has 1 rings (SSSR count). The van der Waals surface area contributed by atoms with Gasteiger partial charge in [0.1, 0.15) is 6.04 Å². The van der Waals surface area contributed by atoms with Crippen molar-refractivity contribution in [2.45, 2.75) is 40.2 Å². The van der Waals surface area contributed by atoms with Crippen molar-refractivity contribution in [3.63, 3.8) is 0 Å². The summed E-state index contributed by atoms with van der Waals surface area (Å²) in [6.45, 7) is 8.05. The van der Waals surface area contributed by atoms with Crippen LogP contribution in [-0.4, -0.2) is 18.4 Å². The summed E-state index contributed by atoms with van der Waals surface area (Å²) in [5.74, 6) is -0.0778. The topological polar surface area (TPSA) is 74.8 Å². The van der Waals surface area contributed by atoms with Gasteiger partial charge in [-0.2, -0.15) is 0 Å². The van der Waals surface area contributed by atoms with Gasteiger partial charge in [-0.1, -0.05) is 45.0 Å². The molecule has 21 heavy (non-hydrogen) atoms. The largest absolute Gasteiger partial charge is 0.332 e. The Morgan fingerprint density at radius 2 is 1.76 bits per heavy atom. The minimum Gasteiger partial charge on any atom is -0.332 e. The standard InChI is InChI=1S/C16H25N3O2/c1-5-13-6-8-14(9-7-13)16(11(2)3)17-10-15(21)19-18-12(4)20/h6-9,11,16-17H,5,10H2,1-4H3,(H,18,20)(H,19,21)/p+1/t16-/m1/s1. The van der Waals surface area contributed by atoms with Crippen LogP contribution in [0.2, 0.25) is 0 Å². The molecule has 0 heterocycles. The Balaban J connectivity index is 2.61. The van der Waals surface area contributed by atoms with E-state index in [-0.39, 0.29) is 24.4 Å². The average Bonchev–Trinajstić information content (AvgIpc) is 2.45. The zero-order valence-corrected chi connectivity index (χ0v) is 13.3. The highest BCUT2D eigenvalue weighted by molar-refractivity contribution is 5.81. The van der Waals surface area contributed by atoms with Crippen molar-refractivity contribution in [2.24, 2.45) is 5.92 Å². The molecule has 0 radical (unpaired) electrons. The molecule has 0 saturated heterocycles. The fourth-order valence-corrected chi connectivity index (χ4v) is 2.21. The van der Waals surface area contributed by atoms with Crippen LogP contribution >= 0.6 is 0 Å². The van der Waals surface area contributed by atoms with Crippen LogP contribution in [-0.2, 0) is 16.0 Å². The molecule has 0 aromatic heterocycles. The molecule has 4 N–H and O–H groups in total. The minimum atomic E-state index is -0.279. The summed E-state index contributed by atoms with van der Waals surface area (Å²) in [5.41, 5.74) is 7.20. The Labute approximate surface area is 126 Å². The van der Waals surface area contributed by atoms with Gasteiger partial charge in [0.25, 0.3) is 5.91 Å². The smallest absolute Gasteiger partial charge is 0.293 e. The van der Waals surface area contributed by atoms with E-state index in [1.807, 2.05) is 5.32 Å². The van der Waals surface area contributed by atoms with E-state index in [1.165, 1.54) is 18.1 Å². The van der Waals surface area contributed by atoms with Gasteiger partial charge in [-0.15, -0.1) is 0 Å². The number of carbonyl (C=O) groups excluding carboxylic acids is 2. The van der Waals surface area contributed by atoms with Crippen molar-refractivity contribution in [3.05, 3.63) is 35.4 Å². The molecule has 0 aliphatic rings. The van der Waals surface area contributed by atoms with Crippen molar-refractivity contribution >= 4 is 11.8 Å². The van der Waals surface area contributed by atoms with E-state index in [4.69, 9.17) is 0 Å². The van der Waals surface area contributed by atoms with Crippen LogP contribution in [0, 0.1) is 5.92 Å². The van der Waals surface area contributed by atoms with Crippen LogP contribution < -0.4 is 16.2 Å². The van der Waals surface area contributed by atoms with E-state index in [2.05, 4.69) is 55.9 Å². The molecule has 1 aromatic rings. The van der Waals surface area contributed by atoms with Gasteiger partial charge in [0.2, 0.25) is 5.91 Å². The van der Waals surface area contributed by atoms with Gasteiger partial charge in [-0.25, -0.2) is 0 Å². The Hall–Kier alpha value is -1.88. The average molecular weight is 292 g/mol. The number of quaternary nitrogens is 1. The van der Waals surface area contributed by atoms with Gasteiger partial charge in [-0.05, 0) is 12.0 Å². The molecule has 0 unspecified atom stereocenters. The Kier molecular flexibility index (Phi) is 6.88. The van der Waals surface area contributed by atoms with Gasteiger partial charge in [0.05, 0.1) is 0 Å². The van der Waals surface area contributed by atoms with Crippen LogP contribution in [0.15, 0.2) is 24.3 Å². The van der Waals surface area contributed by atoms with Crippen molar-refractivity contribution in [3.8, 4) is 0 Å². The highest BCUT2D eigenvalue weighted by atomic mass is 16.2. The third-order valence-electron chi connectivity index (χ3n) is 3.43. The lowest BCUT2D eigenvalue weighted by molar-refractivity contribution is -0.692. The van der Waals surface area contributed by atoms with Crippen LogP contribution in [0.4, 0.5) is 0 Å². The molecule has 5 nitrogen and oxygen atoms in total. The van der Waals surface area contributed by atoms with Gasteiger partial charge in [0, 0.05) is 18.4 Å². The number of carbonyl (C=O) groups is 2. The number of rotatable bonds is 6. The molecule has 0 bridgehead atoms. The third-order valence-corrected chi connectivity index (χ3v) is 3.43. The first-order valence-corrected chi connectivity index (χ1v) is 7.41. The number of hydrogen-bond donors (Lipinski definition) is 3. The molecule has 0 aliphatic carbocycles. The maximum atomic E-state index is 11.6. The second-order valence-electron chi connectivity index (χ2n) is 5.53. The Morgan fingerprint density at radius 3 is 2.24 bits per heavy atom. The summed E-state index contributed by atoms with van der Waals surface area (Å²) in [6, 6.07) is 8.75. The van der Waals surface area contributed by atoms with E-state index < -0.39 is 0 Å². The van der Waals surface area contributed by atoms with Crippen LogP contribution in [0.25, 0.3) is 0 Å². The summed E-state index contributed by atoms with van der Waals surface area (Å²) in [7, 11) is 0. The number of nitrogens with two attached hydrogens (primary N) is 1. The first-order chi connectivity index (χ1) is 9.93. The van der Waals surface area contributed by atoms with E-state index >= 15 is 0 Å². The maximum absolute atomic E-state index is 11.6. The van der Waals surface area contributed by atoms with Crippen LogP contribution in [0.3, 0.4) is 0 Å². The van der Waals surface area contributed by atoms with Crippen molar-refractivity contribution in [1.82, 2.24) is 10.9 Å². The van der Waals surface area contributed by atoms with Gasteiger partial charge in [0.15, 0.2) is 6.54 Å². The molecular formula is C16H26N3O2+. The number of benzene rings is 1. The van der Waals surface area contributed by atoms with Crippen molar-refractivity contribution in [2.75, 3.05) is 6.54 Å². The number of nitrogens with one attached hydrogen (secondary N) is 2. The first kappa shape index (κ1) is 17.2. The van der Waals surface area contributed by atoms with Gasteiger partial charge in [-0.3, -0.25) is 20.4 Å². The van der Waals surface area contributed by atoms with E-state index in [1.54, 1.807) is 0 Å². The van der Waals surface area contributed by atoms with Crippen LogP contribution in [0.1, 0.15) is 44.9 Å². The summed E-state index contributed by atoms with van der Waals surface area (Å²) in [5, 5.41) is 2.00. The number of aryl methyl sites for hydroxylation is 1. The fraction of sp³-hybridized carbons (Fsp3) is 0.500. The molecule has 2 amide bonds. The van der Waals surface area contributed by atoms with E-state index in [9.17, 15) is 9.59 Å². The summed E-state index contributed by atoms with van der Waals surface area (Å²) >= 11 is 0. The summed E-state index contributed by atoms with van der Waals surface area (Å²) in [4.78, 5) is 22.4. The van der Waals surface area contributed by atoms with Gasteiger partial charge >= 0.3 is 0 Å². The third kappa shape index (κ3) is 5.95. The monoisotopic (exact) mass is 292 g/mol. The summed E-state index contributed by atoms with van der Waals surface area (Å²) < 4.78 is 0. The minimum absolute atomic E-state index is 0.207. The molecule has 1 aromatic carbocycles.